The molecule has 1 N–H and O–H groups in total. The second-order valence-corrected chi connectivity index (χ2v) is 7.89. The Morgan fingerprint density at radius 1 is 1.32 bits per heavy atom. The summed E-state index contributed by atoms with van der Waals surface area (Å²) < 4.78 is 12.2. The Labute approximate surface area is 115 Å². The summed E-state index contributed by atoms with van der Waals surface area (Å²) in [6.45, 7) is 3.92. The van der Waals surface area contributed by atoms with Gasteiger partial charge in [-0.1, -0.05) is 12.5 Å². The summed E-state index contributed by atoms with van der Waals surface area (Å²) in [5.74, 6) is 0. The van der Waals surface area contributed by atoms with Gasteiger partial charge in [0, 0.05) is 18.1 Å². The summed E-state index contributed by atoms with van der Waals surface area (Å²) in [4.78, 5) is 16.5. The van der Waals surface area contributed by atoms with Crippen LogP contribution in [0.3, 0.4) is 0 Å². The maximum atomic E-state index is 12.2. The summed E-state index contributed by atoms with van der Waals surface area (Å²) in [5.41, 5.74) is 2.02. The van der Waals surface area contributed by atoms with E-state index in [0.717, 1.165) is 37.2 Å². The van der Waals surface area contributed by atoms with E-state index in [-0.39, 0.29) is 0 Å². The highest BCUT2D eigenvalue weighted by atomic mass is 31.2. The molecule has 1 aromatic heterocycles. The van der Waals surface area contributed by atoms with Gasteiger partial charge < -0.3 is 4.89 Å². The van der Waals surface area contributed by atoms with Crippen LogP contribution in [-0.2, 0) is 11.0 Å². The Balaban J connectivity index is 1.82. The number of aromatic nitrogens is 1. The highest BCUT2D eigenvalue weighted by Gasteiger charge is 2.23. The van der Waals surface area contributed by atoms with E-state index in [2.05, 4.69) is 9.88 Å². The molecule has 0 amide bonds. The van der Waals surface area contributed by atoms with Gasteiger partial charge in [-0.3, -0.25) is 14.4 Å². The number of nitrogens with zero attached hydrogens (tertiary/aromatic N) is 2. The first-order valence-electron chi connectivity index (χ1n) is 7.00. The van der Waals surface area contributed by atoms with Crippen LogP contribution in [0, 0.1) is 6.92 Å². The number of likely N-dealkylation sites (tertiary alicyclic amines) is 1. The average molecular weight is 282 g/mol. The van der Waals surface area contributed by atoms with Gasteiger partial charge in [0.15, 0.2) is 0 Å². The van der Waals surface area contributed by atoms with Gasteiger partial charge in [-0.25, -0.2) is 0 Å². The van der Waals surface area contributed by atoms with E-state index in [9.17, 15) is 9.46 Å². The molecule has 1 saturated heterocycles. The number of rotatable bonds is 5. The largest absolute Gasteiger partial charge is 0.343 e. The van der Waals surface area contributed by atoms with Gasteiger partial charge in [0.25, 0.3) is 0 Å². The van der Waals surface area contributed by atoms with E-state index >= 15 is 0 Å². The molecule has 1 atom stereocenters. The van der Waals surface area contributed by atoms with Gasteiger partial charge in [-0.2, -0.15) is 0 Å². The summed E-state index contributed by atoms with van der Waals surface area (Å²) in [6.07, 6.45) is 6.63. The molecule has 1 aliphatic rings. The molecule has 1 aromatic rings. The summed E-state index contributed by atoms with van der Waals surface area (Å²) in [7, 11) is -3.05. The second-order valence-electron chi connectivity index (χ2n) is 5.47. The van der Waals surface area contributed by atoms with Gasteiger partial charge in [-0.05, 0) is 50.9 Å². The standard InChI is InChI=1S/C14H23N2O2P/c1-13-5-6-14(15-11-13)7-10-19(17,18)12-16-8-3-2-4-9-16/h5-6,11H,2-4,7-10,12H2,1H3,(H,17,18). The molecule has 0 spiro atoms. The molecule has 0 aromatic carbocycles. The molecule has 106 valence electrons. The van der Waals surface area contributed by atoms with Crippen LogP contribution >= 0.6 is 7.37 Å². The summed E-state index contributed by atoms with van der Waals surface area (Å²) >= 11 is 0. The molecule has 0 radical (unpaired) electrons. The maximum absolute atomic E-state index is 12.2. The average Bonchev–Trinajstić information content (AvgIpc) is 2.39. The van der Waals surface area contributed by atoms with Crippen LogP contribution in [-0.4, -0.2) is 40.3 Å². The van der Waals surface area contributed by atoms with E-state index in [0.29, 0.717) is 18.9 Å². The first kappa shape index (κ1) is 14.7. The molecular formula is C14H23N2O2P. The minimum atomic E-state index is -3.05. The van der Waals surface area contributed by atoms with Crippen molar-refractivity contribution in [3.63, 3.8) is 0 Å². The van der Waals surface area contributed by atoms with Crippen LogP contribution in [0.4, 0.5) is 0 Å². The van der Waals surface area contributed by atoms with E-state index < -0.39 is 7.37 Å². The first-order valence-corrected chi connectivity index (χ1v) is 9.03. The van der Waals surface area contributed by atoms with Crippen LogP contribution in [0.5, 0.6) is 0 Å². The number of hydrogen-bond acceptors (Lipinski definition) is 3. The summed E-state index contributed by atoms with van der Waals surface area (Å²) in [5, 5.41) is 0. The molecular weight excluding hydrogens is 259 g/mol. The highest BCUT2D eigenvalue weighted by molar-refractivity contribution is 7.57. The molecule has 1 aliphatic heterocycles. The zero-order valence-electron chi connectivity index (χ0n) is 11.6. The zero-order valence-corrected chi connectivity index (χ0v) is 12.5. The van der Waals surface area contributed by atoms with Crippen LogP contribution < -0.4 is 0 Å². The molecule has 1 unspecified atom stereocenters. The summed E-state index contributed by atoms with van der Waals surface area (Å²) in [6, 6.07) is 3.94. The third kappa shape index (κ3) is 5.06. The predicted molar refractivity (Wildman–Crippen MR) is 77.7 cm³/mol. The fourth-order valence-electron chi connectivity index (χ4n) is 2.42. The lowest BCUT2D eigenvalue weighted by molar-refractivity contribution is 0.253. The Kier molecular flexibility index (Phi) is 5.14. The van der Waals surface area contributed by atoms with Gasteiger partial charge in [-0.15, -0.1) is 0 Å². The number of hydrogen-bond donors (Lipinski definition) is 1. The van der Waals surface area contributed by atoms with Crippen molar-refractivity contribution in [2.75, 3.05) is 25.5 Å². The quantitative estimate of drug-likeness (QED) is 0.844. The van der Waals surface area contributed by atoms with E-state index in [1.54, 1.807) is 0 Å². The van der Waals surface area contributed by atoms with Crippen molar-refractivity contribution in [3.8, 4) is 0 Å². The molecule has 5 heteroatoms. The van der Waals surface area contributed by atoms with Crippen molar-refractivity contribution in [1.82, 2.24) is 9.88 Å². The Hall–Kier alpha value is -0.700. The smallest absolute Gasteiger partial charge is 0.214 e. The van der Waals surface area contributed by atoms with Crippen molar-refractivity contribution < 1.29 is 9.46 Å². The molecule has 0 bridgehead atoms. The van der Waals surface area contributed by atoms with Crippen LogP contribution in [0.2, 0.25) is 0 Å². The minimum Gasteiger partial charge on any atom is -0.343 e. The lowest BCUT2D eigenvalue weighted by Gasteiger charge is -2.28. The molecule has 1 fully saturated rings. The number of piperidine rings is 1. The monoisotopic (exact) mass is 282 g/mol. The van der Waals surface area contributed by atoms with Crippen molar-refractivity contribution in [1.29, 1.82) is 0 Å². The van der Waals surface area contributed by atoms with Crippen molar-refractivity contribution in [3.05, 3.63) is 29.6 Å². The number of aryl methyl sites for hydroxylation is 2. The maximum Gasteiger partial charge on any atom is 0.214 e. The fourth-order valence-corrected chi connectivity index (χ4v) is 4.05. The molecule has 0 saturated carbocycles. The minimum absolute atomic E-state index is 0.333. The lowest BCUT2D eigenvalue weighted by atomic mass is 10.1. The Morgan fingerprint density at radius 3 is 2.68 bits per heavy atom. The van der Waals surface area contributed by atoms with Gasteiger partial charge in [0.05, 0.1) is 6.29 Å². The zero-order chi connectivity index (χ0) is 13.7. The van der Waals surface area contributed by atoms with Crippen molar-refractivity contribution in [2.45, 2.75) is 32.6 Å². The Bertz CT molecular complexity index is 441. The van der Waals surface area contributed by atoms with E-state index in [1.165, 1.54) is 6.42 Å². The third-order valence-electron chi connectivity index (χ3n) is 3.56. The molecule has 2 rings (SSSR count). The van der Waals surface area contributed by atoms with Crippen LogP contribution in [0.1, 0.15) is 30.5 Å². The SMILES string of the molecule is Cc1ccc(CCP(=O)(O)CN2CCCCC2)nc1. The molecule has 0 aliphatic carbocycles. The fraction of sp³-hybridized carbons (Fsp3) is 0.643. The van der Waals surface area contributed by atoms with Crippen molar-refractivity contribution in [2.24, 2.45) is 0 Å². The van der Waals surface area contributed by atoms with Crippen LogP contribution in [0.25, 0.3) is 0 Å². The predicted octanol–water partition coefficient (Wildman–Crippen LogP) is 2.65. The molecule has 2 heterocycles. The highest BCUT2D eigenvalue weighted by Crippen LogP contribution is 2.42. The van der Waals surface area contributed by atoms with Gasteiger partial charge >= 0.3 is 0 Å². The first-order chi connectivity index (χ1) is 9.05. The molecule has 19 heavy (non-hydrogen) atoms. The second kappa shape index (κ2) is 6.65. The lowest BCUT2D eigenvalue weighted by Crippen LogP contribution is -2.31. The van der Waals surface area contributed by atoms with E-state index in [1.807, 2.05) is 25.3 Å². The van der Waals surface area contributed by atoms with Crippen LogP contribution in [0.15, 0.2) is 18.3 Å². The third-order valence-corrected chi connectivity index (χ3v) is 5.32. The van der Waals surface area contributed by atoms with Crippen molar-refractivity contribution >= 4 is 7.37 Å². The van der Waals surface area contributed by atoms with E-state index in [4.69, 9.17) is 0 Å². The normalized spacial score (nSPS) is 20.1. The topological polar surface area (TPSA) is 53.4 Å². The Morgan fingerprint density at radius 2 is 2.05 bits per heavy atom. The molecule has 4 nitrogen and oxygen atoms in total. The van der Waals surface area contributed by atoms with Gasteiger partial charge in [0.2, 0.25) is 7.37 Å². The number of pyridine rings is 1. The van der Waals surface area contributed by atoms with Gasteiger partial charge in [0.1, 0.15) is 0 Å².